The molecule has 1 atom stereocenters. The highest BCUT2D eigenvalue weighted by Gasteiger charge is 2.07. The SMILES string of the molecule is Cc1ccc(C(C)Nc2ncc(Br)cc2C)cc1. The number of halogens is 1. The normalized spacial score (nSPS) is 12.2. The van der Waals surface area contributed by atoms with Crippen molar-refractivity contribution < 1.29 is 0 Å². The van der Waals surface area contributed by atoms with Crippen molar-refractivity contribution in [1.82, 2.24) is 4.98 Å². The minimum absolute atomic E-state index is 0.248. The molecule has 94 valence electrons. The molecule has 0 saturated heterocycles. The second-order valence-electron chi connectivity index (χ2n) is 4.60. The number of aryl methyl sites for hydroxylation is 2. The highest BCUT2D eigenvalue weighted by Crippen LogP contribution is 2.22. The molecule has 2 nitrogen and oxygen atoms in total. The molecule has 0 spiro atoms. The molecule has 0 amide bonds. The third-order valence-corrected chi connectivity index (χ3v) is 3.41. The van der Waals surface area contributed by atoms with E-state index >= 15 is 0 Å². The molecule has 0 bridgehead atoms. The predicted molar refractivity (Wildman–Crippen MR) is 79.9 cm³/mol. The van der Waals surface area contributed by atoms with Crippen molar-refractivity contribution in [2.45, 2.75) is 26.8 Å². The molecule has 1 aromatic heterocycles. The minimum Gasteiger partial charge on any atom is -0.363 e. The highest BCUT2D eigenvalue weighted by atomic mass is 79.9. The zero-order valence-electron chi connectivity index (χ0n) is 10.9. The Bertz CT molecular complexity index is 535. The van der Waals surface area contributed by atoms with E-state index in [2.05, 4.69) is 77.3 Å². The summed E-state index contributed by atoms with van der Waals surface area (Å²) in [5.74, 6) is 0.936. The standard InChI is InChI=1S/C15H17BrN2/c1-10-4-6-13(7-5-10)12(3)18-15-11(2)8-14(16)9-17-15/h4-9,12H,1-3H3,(H,17,18). The van der Waals surface area contributed by atoms with Crippen LogP contribution in [-0.4, -0.2) is 4.98 Å². The lowest BCUT2D eigenvalue weighted by molar-refractivity contribution is 0.870. The van der Waals surface area contributed by atoms with Crippen LogP contribution >= 0.6 is 15.9 Å². The van der Waals surface area contributed by atoms with E-state index in [0.29, 0.717) is 0 Å². The van der Waals surface area contributed by atoms with Gasteiger partial charge in [0.15, 0.2) is 0 Å². The summed E-state index contributed by atoms with van der Waals surface area (Å²) in [6, 6.07) is 10.9. The van der Waals surface area contributed by atoms with Crippen LogP contribution in [0.25, 0.3) is 0 Å². The molecule has 1 aromatic carbocycles. The summed E-state index contributed by atoms with van der Waals surface area (Å²) in [5, 5.41) is 3.44. The molecule has 2 aromatic rings. The van der Waals surface area contributed by atoms with Gasteiger partial charge in [-0.15, -0.1) is 0 Å². The first-order valence-electron chi connectivity index (χ1n) is 6.01. The molecule has 1 N–H and O–H groups in total. The lowest BCUT2D eigenvalue weighted by atomic mass is 10.1. The van der Waals surface area contributed by atoms with E-state index < -0.39 is 0 Å². The topological polar surface area (TPSA) is 24.9 Å². The number of aromatic nitrogens is 1. The fourth-order valence-electron chi connectivity index (χ4n) is 1.84. The molecular formula is C15H17BrN2. The van der Waals surface area contributed by atoms with Crippen LogP contribution in [0.1, 0.15) is 29.7 Å². The smallest absolute Gasteiger partial charge is 0.129 e. The van der Waals surface area contributed by atoms with Crippen LogP contribution in [0, 0.1) is 13.8 Å². The van der Waals surface area contributed by atoms with Crippen molar-refractivity contribution in [2.75, 3.05) is 5.32 Å². The summed E-state index contributed by atoms with van der Waals surface area (Å²) < 4.78 is 1.01. The quantitative estimate of drug-likeness (QED) is 0.894. The van der Waals surface area contributed by atoms with Gasteiger partial charge in [-0.25, -0.2) is 4.98 Å². The maximum Gasteiger partial charge on any atom is 0.129 e. The molecule has 1 heterocycles. The number of rotatable bonds is 3. The van der Waals surface area contributed by atoms with Crippen LogP contribution in [0.15, 0.2) is 41.0 Å². The third-order valence-electron chi connectivity index (χ3n) is 2.98. The zero-order valence-corrected chi connectivity index (χ0v) is 12.5. The largest absolute Gasteiger partial charge is 0.363 e. The molecule has 18 heavy (non-hydrogen) atoms. The number of anilines is 1. The Kier molecular flexibility index (Phi) is 4.02. The third kappa shape index (κ3) is 3.10. The first-order chi connectivity index (χ1) is 8.56. The van der Waals surface area contributed by atoms with Crippen molar-refractivity contribution in [3.8, 4) is 0 Å². The molecule has 0 aliphatic heterocycles. The second kappa shape index (κ2) is 5.53. The van der Waals surface area contributed by atoms with E-state index in [9.17, 15) is 0 Å². The van der Waals surface area contributed by atoms with Crippen LogP contribution in [0.4, 0.5) is 5.82 Å². The highest BCUT2D eigenvalue weighted by molar-refractivity contribution is 9.10. The van der Waals surface area contributed by atoms with Crippen molar-refractivity contribution in [3.63, 3.8) is 0 Å². The monoisotopic (exact) mass is 304 g/mol. The maximum absolute atomic E-state index is 4.40. The molecule has 0 radical (unpaired) electrons. The van der Waals surface area contributed by atoms with Gasteiger partial charge in [0.25, 0.3) is 0 Å². The van der Waals surface area contributed by atoms with Gasteiger partial charge >= 0.3 is 0 Å². The van der Waals surface area contributed by atoms with Crippen LogP contribution in [0.3, 0.4) is 0 Å². The summed E-state index contributed by atoms with van der Waals surface area (Å²) >= 11 is 3.43. The number of nitrogens with zero attached hydrogens (tertiary/aromatic N) is 1. The van der Waals surface area contributed by atoms with Gasteiger partial charge in [0.2, 0.25) is 0 Å². The van der Waals surface area contributed by atoms with E-state index in [0.717, 1.165) is 15.9 Å². The second-order valence-corrected chi connectivity index (χ2v) is 5.51. The first-order valence-corrected chi connectivity index (χ1v) is 6.81. The van der Waals surface area contributed by atoms with Gasteiger partial charge in [-0.2, -0.15) is 0 Å². The number of benzene rings is 1. The molecule has 0 aliphatic rings. The summed E-state index contributed by atoms with van der Waals surface area (Å²) in [6.45, 7) is 6.30. The van der Waals surface area contributed by atoms with E-state index in [1.54, 1.807) is 0 Å². The number of hydrogen-bond acceptors (Lipinski definition) is 2. The average Bonchev–Trinajstić information content (AvgIpc) is 2.33. The van der Waals surface area contributed by atoms with Crippen LogP contribution in [0.5, 0.6) is 0 Å². The van der Waals surface area contributed by atoms with Gasteiger partial charge in [0.1, 0.15) is 5.82 Å². The molecule has 1 unspecified atom stereocenters. The maximum atomic E-state index is 4.40. The van der Waals surface area contributed by atoms with Gasteiger partial charge in [0, 0.05) is 16.7 Å². The van der Waals surface area contributed by atoms with Crippen molar-refractivity contribution in [2.24, 2.45) is 0 Å². The summed E-state index contributed by atoms with van der Waals surface area (Å²) in [7, 11) is 0. The van der Waals surface area contributed by atoms with Crippen molar-refractivity contribution in [3.05, 3.63) is 57.7 Å². The van der Waals surface area contributed by atoms with Gasteiger partial charge in [-0.05, 0) is 53.9 Å². The van der Waals surface area contributed by atoms with Gasteiger partial charge in [-0.1, -0.05) is 29.8 Å². The van der Waals surface area contributed by atoms with E-state index in [4.69, 9.17) is 0 Å². The molecule has 0 fully saturated rings. The minimum atomic E-state index is 0.248. The fraction of sp³-hybridized carbons (Fsp3) is 0.267. The Morgan fingerprint density at radius 2 is 1.83 bits per heavy atom. The number of nitrogens with one attached hydrogen (secondary N) is 1. The van der Waals surface area contributed by atoms with Crippen molar-refractivity contribution >= 4 is 21.7 Å². The summed E-state index contributed by atoms with van der Waals surface area (Å²) in [5.41, 5.74) is 3.69. The molecule has 2 rings (SSSR count). The lowest BCUT2D eigenvalue weighted by Gasteiger charge is -2.16. The van der Waals surface area contributed by atoms with Gasteiger partial charge < -0.3 is 5.32 Å². The molecule has 3 heteroatoms. The van der Waals surface area contributed by atoms with Gasteiger partial charge in [0.05, 0.1) is 0 Å². The first kappa shape index (κ1) is 13.1. The summed E-state index contributed by atoms with van der Waals surface area (Å²) in [6.07, 6.45) is 1.82. The van der Waals surface area contributed by atoms with Gasteiger partial charge in [-0.3, -0.25) is 0 Å². The Morgan fingerprint density at radius 3 is 2.44 bits per heavy atom. The Hall–Kier alpha value is -1.35. The Balaban J connectivity index is 2.15. The molecule has 0 saturated carbocycles. The van der Waals surface area contributed by atoms with Crippen LogP contribution in [0.2, 0.25) is 0 Å². The van der Waals surface area contributed by atoms with E-state index in [1.807, 2.05) is 6.20 Å². The lowest BCUT2D eigenvalue weighted by Crippen LogP contribution is -2.09. The fourth-order valence-corrected chi connectivity index (χ4v) is 2.28. The number of pyridine rings is 1. The summed E-state index contributed by atoms with van der Waals surface area (Å²) in [4.78, 5) is 4.40. The zero-order chi connectivity index (χ0) is 13.1. The van der Waals surface area contributed by atoms with E-state index in [-0.39, 0.29) is 6.04 Å². The van der Waals surface area contributed by atoms with Crippen molar-refractivity contribution in [1.29, 1.82) is 0 Å². The van der Waals surface area contributed by atoms with E-state index in [1.165, 1.54) is 11.1 Å². The van der Waals surface area contributed by atoms with Crippen LogP contribution in [-0.2, 0) is 0 Å². The molecule has 0 aliphatic carbocycles. The van der Waals surface area contributed by atoms with Crippen LogP contribution < -0.4 is 5.32 Å². The molecular weight excluding hydrogens is 288 g/mol. The Labute approximate surface area is 117 Å². The predicted octanol–water partition coefficient (Wildman–Crippen LogP) is 4.63. The Morgan fingerprint density at radius 1 is 1.17 bits per heavy atom. The average molecular weight is 305 g/mol. The number of hydrogen-bond donors (Lipinski definition) is 1.